The van der Waals surface area contributed by atoms with E-state index >= 15 is 0 Å². The van der Waals surface area contributed by atoms with Gasteiger partial charge in [-0.05, 0) is 42.2 Å². The molecule has 1 N–H and O–H groups in total. The summed E-state index contributed by atoms with van der Waals surface area (Å²) in [6, 6.07) is 7.87. The van der Waals surface area contributed by atoms with Crippen LogP contribution in [0.5, 0.6) is 5.75 Å². The first-order valence-corrected chi connectivity index (χ1v) is 12.2. The molecule has 0 radical (unpaired) electrons. The molecule has 1 aromatic rings. The lowest BCUT2D eigenvalue weighted by Gasteiger charge is -2.39. The second kappa shape index (κ2) is 10.3. The predicted molar refractivity (Wildman–Crippen MR) is 110 cm³/mol. The summed E-state index contributed by atoms with van der Waals surface area (Å²) in [7, 11) is -0.239. The van der Waals surface area contributed by atoms with Gasteiger partial charge in [0.25, 0.3) is 0 Å². The zero-order chi connectivity index (χ0) is 19.8. The largest absolute Gasteiger partial charge is 0.497 e. The standard InChI is InChI=1S/C21H36O4Si/c1-8-18(22)15-20(25-26(6,7)21(2,3)4)13-14-24-16-17-9-11-19(23-5)12-10-17/h8-12,18,20,22H,1,13-16H2,2-7H3/t18-,20-/m0/s1. The lowest BCUT2D eigenvalue weighted by Crippen LogP contribution is -2.44. The Balaban J connectivity index is 2.55. The highest BCUT2D eigenvalue weighted by atomic mass is 28.4. The number of methoxy groups -OCH3 is 1. The number of rotatable bonds is 11. The van der Waals surface area contributed by atoms with Crippen LogP contribution in [0.15, 0.2) is 36.9 Å². The van der Waals surface area contributed by atoms with Crippen molar-refractivity contribution >= 4 is 8.32 Å². The maximum absolute atomic E-state index is 9.98. The topological polar surface area (TPSA) is 47.9 Å². The molecular weight excluding hydrogens is 344 g/mol. The molecule has 0 unspecified atom stereocenters. The van der Waals surface area contributed by atoms with Gasteiger partial charge in [0.2, 0.25) is 0 Å². The number of aliphatic hydroxyl groups is 1. The van der Waals surface area contributed by atoms with E-state index in [1.165, 1.54) is 0 Å². The second-order valence-corrected chi connectivity index (χ2v) is 13.0. The van der Waals surface area contributed by atoms with Crippen LogP contribution in [0.4, 0.5) is 0 Å². The van der Waals surface area contributed by atoms with Gasteiger partial charge in [-0.25, -0.2) is 0 Å². The molecular formula is C21H36O4Si. The molecule has 0 heterocycles. The third-order valence-corrected chi connectivity index (χ3v) is 9.59. The fourth-order valence-electron chi connectivity index (χ4n) is 2.31. The third-order valence-electron chi connectivity index (χ3n) is 5.06. The molecule has 1 aromatic carbocycles. The minimum absolute atomic E-state index is 0.0280. The van der Waals surface area contributed by atoms with E-state index in [1.807, 2.05) is 24.3 Å². The Kier molecular flexibility index (Phi) is 9.03. The van der Waals surface area contributed by atoms with Gasteiger partial charge in [0, 0.05) is 13.0 Å². The third kappa shape index (κ3) is 7.62. The van der Waals surface area contributed by atoms with Crippen molar-refractivity contribution < 1.29 is 19.0 Å². The van der Waals surface area contributed by atoms with Gasteiger partial charge in [0.15, 0.2) is 8.32 Å². The average molecular weight is 381 g/mol. The van der Waals surface area contributed by atoms with Crippen LogP contribution in [0.25, 0.3) is 0 Å². The van der Waals surface area contributed by atoms with E-state index in [0.717, 1.165) is 17.7 Å². The smallest absolute Gasteiger partial charge is 0.192 e. The molecule has 5 heteroatoms. The van der Waals surface area contributed by atoms with Crippen LogP contribution < -0.4 is 4.74 Å². The Hall–Kier alpha value is -1.14. The Morgan fingerprint density at radius 3 is 2.31 bits per heavy atom. The van der Waals surface area contributed by atoms with Crippen molar-refractivity contribution in [3.63, 3.8) is 0 Å². The van der Waals surface area contributed by atoms with Crippen molar-refractivity contribution in [1.82, 2.24) is 0 Å². The summed E-state index contributed by atoms with van der Waals surface area (Å²) in [5.74, 6) is 0.843. The van der Waals surface area contributed by atoms with Crippen molar-refractivity contribution in [2.24, 2.45) is 0 Å². The van der Waals surface area contributed by atoms with Crippen LogP contribution >= 0.6 is 0 Å². The van der Waals surface area contributed by atoms with E-state index in [1.54, 1.807) is 13.2 Å². The summed E-state index contributed by atoms with van der Waals surface area (Å²) in [5, 5.41) is 10.1. The Labute approximate surface area is 160 Å². The fraction of sp³-hybridized carbons (Fsp3) is 0.619. The number of hydrogen-bond acceptors (Lipinski definition) is 4. The highest BCUT2D eigenvalue weighted by Gasteiger charge is 2.39. The van der Waals surface area contributed by atoms with Gasteiger partial charge in [-0.3, -0.25) is 0 Å². The highest BCUT2D eigenvalue weighted by molar-refractivity contribution is 6.74. The van der Waals surface area contributed by atoms with Crippen LogP contribution in [0.2, 0.25) is 18.1 Å². The monoisotopic (exact) mass is 380 g/mol. The first kappa shape index (κ1) is 22.9. The summed E-state index contributed by atoms with van der Waals surface area (Å²) < 4.78 is 17.5. The Bertz CT molecular complexity index is 534. The van der Waals surface area contributed by atoms with Gasteiger partial charge < -0.3 is 19.0 Å². The minimum Gasteiger partial charge on any atom is -0.497 e. The molecule has 0 aliphatic carbocycles. The molecule has 148 valence electrons. The average Bonchev–Trinajstić information content (AvgIpc) is 2.57. The lowest BCUT2D eigenvalue weighted by atomic mass is 10.1. The summed E-state index contributed by atoms with van der Waals surface area (Å²) in [5.41, 5.74) is 1.11. The van der Waals surface area contributed by atoms with Gasteiger partial charge in [-0.2, -0.15) is 0 Å². The van der Waals surface area contributed by atoms with Crippen LogP contribution in [-0.4, -0.2) is 39.3 Å². The second-order valence-electron chi connectivity index (χ2n) is 8.23. The van der Waals surface area contributed by atoms with E-state index in [2.05, 4.69) is 40.4 Å². The molecule has 0 fully saturated rings. The normalized spacial score (nSPS) is 14.7. The lowest BCUT2D eigenvalue weighted by molar-refractivity contribution is 0.0567. The van der Waals surface area contributed by atoms with E-state index in [0.29, 0.717) is 19.6 Å². The van der Waals surface area contributed by atoms with E-state index in [-0.39, 0.29) is 11.1 Å². The van der Waals surface area contributed by atoms with E-state index in [9.17, 15) is 5.11 Å². The van der Waals surface area contributed by atoms with E-state index < -0.39 is 14.4 Å². The molecule has 4 nitrogen and oxygen atoms in total. The maximum atomic E-state index is 9.98. The van der Waals surface area contributed by atoms with Crippen LogP contribution in [0, 0.1) is 0 Å². The molecule has 0 saturated heterocycles. The molecule has 0 aromatic heterocycles. The molecule has 0 spiro atoms. The maximum Gasteiger partial charge on any atom is 0.192 e. The van der Waals surface area contributed by atoms with Crippen LogP contribution in [0.1, 0.15) is 39.2 Å². The number of hydrogen-bond donors (Lipinski definition) is 1. The number of benzene rings is 1. The molecule has 0 bridgehead atoms. The molecule has 0 amide bonds. The quantitative estimate of drug-likeness (QED) is 0.336. The Morgan fingerprint density at radius 1 is 1.19 bits per heavy atom. The molecule has 0 aliphatic heterocycles. The van der Waals surface area contributed by atoms with Crippen molar-refractivity contribution in [2.45, 2.75) is 70.6 Å². The molecule has 0 aliphatic rings. The number of aliphatic hydroxyl groups excluding tert-OH is 1. The summed E-state index contributed by atoms with van der Waals surface area (Å²) >= 11 is 0. The van der Waals surface area contributed by atoms with Gasteiger partial charge in [0.05, 0.1) is 25.9 Å². The molecule has 2 atom stereocenters. The molecule has 0 saturated carbocycles. The van der Waals surface area contributed by atoms with Crippen molar-refractivity contribution in [1.29, 1.82) is 0 Å². The molecule has 1 rings (SSSR count). The predicted octanol–water partition coefficient (Wildman–Crippen LogP) is 4.93. The summed E-state index contributed by atoms with van der Waals surface area (Å²) in [6.07, 6.45) is 2.31. The van der Waals surface area contributed by atoms with Crippen molar-refractivity contribution in [2.75, 3.05) is 13.7 Å². The van der Waals surface area contributed by atoms with Crippen molar-refractivity contribution in [3.05, 3.63) is 42.5 Å². The summed E-state index contributed by atoms with van der Waals surface area (Å²) in [4.78, 5) is 0. The van der Waals surface area contributed by atoms with Gasteiger partial charge in [-0.1, -0.05) is 39.0 Å². The first-order valence-electron chi connectivity index (χ1n) is 9.28. The van der Waals surface area contributed by atoms with Crippen molar-refractivity contribution in [3.8, 4) is 5.75 Å². The SMILES string of the molecule is C=C[C@H](O)C[C@H](CCOCc1ccc(OC)cc1)O[Si](C)(C)C(C)(C)C. The van der Waals surface area contributed by atoms with Crippen LogP contribution in [0.3, 0.4) is 0 Å². The van der Waals surface area contributed by atoms with Gasteiger partial charge in [0.1, 0.15) is 5.75 Å². The zero-order valence-corrected chi connectivity index (χ0v) is 18.2. The summed E-state index contributed by atoms with van der Waals surface area (Å²) in [6.45, 7) is 16.0. The zero-order valence-electron chi connectivity index (χ0n) is 17.2. The van der Waals surface area contributed by atoms with Gasteiger partial charge in [-0.15, -0.1) is 6.58 Å². The first-order chi connectivity index (χ1) is 12.1. The minimum atomic E-state index is -1.90. The van der Waals surface area contributed by atoms with Gasteiger partial charge >= 0.3 is 0 Å². The Morgan fingerprint density at radius 2 is 1.81 bits per heavy atom. The van der Waals surface area contributed by atoms with Crippen LogP contribution in [-0.2, 0) is 15.8 Å². The fourth-order valence-corrected chi connectivity index (χ4v) is 3.71. The molecule has 26 heavy (non-hydrogen) atoms. The van der Waals surface area contributed by atoms with E-state index in [4.69, 9.17) is 13.9 Å². The highest BCUT2D eigenvalue weighted by Crippen LogP contribution is 2.38. The number of ether oxygens (including phenoxy) is 2.